The number of nitrogens with one attached hydrogen (secondary N) is 1. The standard InChI is InChI=1S/C12H14NO3/c1-15-10-6-4-9(5-7-10)12(14)13-11-3-2-8-16-11/h4-6,11H,2-3,8H2,1H3,(H,13,14). The summed E-state index contributed by atoms with van der Waals surface area (Å²) in [6, 6.07) is 7.90. The van der Waals surface area contributed by atoms with Gasteiger partial charge >= 0.3 is 0 Å². The lowest BCUT2D eigenvalue weighted by atomic mass is 10.2. The van der Waals surface area contributed by atoms with Gasteiger partial charge in [-0.15, -0.1) is 0 Å². The van der Waals surface area contributed by atoms with Gasteiger partial charge in [-0.1, -0.05) is 0 Å². The van der Waals surface area contributed by atoms with E-state index in [9.17, 15) is 4.79 Å². The van der Waals surface area contributed by atoms with Crippen LogP contribution >= 0.6 is 0 Å². The number of rotatable bonds is 3. The minimum Gasteiger partial charge on any atom is -0.496 e. The lowest BCUT2D eigenvalue weighted by Gasteiger charge is -2.11. The Morgan fingerprint density at radius 3 is 3.06 bits per heavy atom. The number of carbonyl (C=O) groups is 1. The van der Waals surface area contributed by atoms with E-state index in [1.54, 1.807) is 25.3 Å². The van der Waals surface area contributed by atoms with Crippen molar-refractivity contribution in [3.63, 3.8) is 0 Å². The van der Waals surface area contributed by atoms with Crippen molar-refractivity contribution in [3.8, 4) is 5.75 Å². The summed E-state index contributed by atoms with van der Waals surface area (Å²) < 4.78 is 10.3. The molecule has 4 heteroatoms. The summed E-state index contributed by atoms with van der Waals surface area (Å²) in [5, 5.41) is 2.81. The molecule has 85 valence electrons. The summed E-state index contributed by atoms with van der Waals surface area (Å²) in [7, 11) is 1.57. The Balaban J connectivity index is 1.97. The SMILES string of the molecule is COc1[c]cc(C(=O)NC2CCCO2)cc1. The molecule has 1 heterocycles. The highest BCUT2D eigenvalue weighted by Crippen LogP contribution is 2.12. The predicted molar refractivity (Wildman–Crippen MR) is 58.3 cm³/mol. The lowest BCUT2D eigenvalue weighted by Crippen LogP contribution is -2.33. The van der Waals surface area contributed by atoms with E-state index in [-0.39, 0.29) is 12.1 Å². The minimum absolute atomic E-state index is 0.134. The van der Waals surface area contributed by atoms with E-state index in [4.69, 9.17) is 9.47 Å². The van der Waals surface area contributed by atoms with Crippen molar-refractivity contribution < 1.29 is 14.3 Å². The molecule has 1 aromatic rings. The molecule has 1 saturated heterocycles. The zero-order chi connectivity index (χ0) is 11.4. The zero-order valence-corrected chi connectivity index (χ0v) is 9.16. The van der Waals surface area contributed by atoms with Crippen molar-refractivity contribution in [1.82, 2.24) is 5.32 Å². The molecule has 0 aliphatic carbocycles. The quantitative estimate of drug-likeness (QED) is 0.836. The van der Waals surface area contributed by atoms with E-state index in [1.165, 1.54) is 0 Å². The minimum atomic E-state index is -0.144. The van der Waals surface area contributed by atoms with Gasteiger partial charge in [0.1, 0.15) is 12.0 Å². The van der Waals surface area contributed by atoms with Crippen LogP contribution < -0.4 is 10.1 Å². The number of carbonyl (C=O) groups excluding carboxylic acids is 1. The first-order chi connectivity index (χ1) is 7.79. The highest BCUT2D eigenvalue weighted by atomic mass is 16.5. The molecule has 0 aromatic heterocycles. The third-order valence-electron chi connectivity index (χ3n) is 2.49. The third-order valence-corrected chi connectivity index (χ3v) is 2.49. The van der Waals surface area contributed by atoms with E-state index >= 15 is 0 Å². The molecule has 16 heavy (non-hydrogen) atoms. The molecule has 0 saturated carbocycles. The molecule has 1 aliphatic heterocycles. The molecule has 0 spiro atoms. The maximum atomic E-state index is 11.7. The van der Waals surface area contributed by atoms with Crippen LogP contribution in [0, 0.1) is 6.07 Å². The van der Waals surface area contributed by atoms with E-state index in [0.717, 1.165) is 19.4 Å². The van der Waals surface area contributed by atoms with Crippen LogP contribution in [0.25, 0.3) is 0 Å². The second-order valence-corrected chi connectivity index (χ2v) is 3.62. The van der Waals surface area contributed by atoms with Crippen LogP contribution in [0.4, 0.5) is 0 Å². The highest BCUT2D eigenvalue weighted by Gasteiger charge is 2.18. The Bertz CT molecular complexity index is 355. The second kappa shape index (κ2) is 4.99. The van der Waals surface area contributed by atoms with Crippen molar-refractivity contribution in [1.29, 1.82) is 0 Å². The molecule has 1 amide bonds. The summed E-state index contributed by atoms with van der Waals surface area (Å²) in [6.45, 7) is 0.722. The average molecular weight is 220 g/mol. The van der Waals surface area contributed by atoms with Crippen LogP contribution in [-0.4, -0.2) is 25.9 Å². The van der Waals surface area contributed by atoms with Crippen LogP contribution in [0.15, 0.2) is 18.2 Å². The summed E-state index contributed by atoms with van der Waals surface area (Å²) in [6.07, 6.45) is 1.74. The third kappa shape index (κ3) is 2.52. The van der Waals surface area contributed by atoms with Crippen LogP contribution in [0.2, 0.25) is 0 Å². The van der Waals surface area contributed by atoms with Crippen LogP contribution in [0.5, 0.6) is 5.75 Å². The van der Waals surface area contributed by atoms with E-state index in [2.05, 4.69) is 11.4 Å². The largest absolute Gasteiger partial charge is 0.496 e. The molecule has 1 atom stereocenters. The molecule has 1 aromatic carbocycles. The number of hydrogen-bond acceptors (Lipinski definition) is 3. The Labute approximate surface area is 94.6 Å². The van der Waals surface area contributed by atoms with Crippen molar-refractivity contribution in [2.45, 2.75) is 19.1 Å². The summed E-state index contributed by atoms with van der Waals surface area (Å²) >= 11 is 0. The van der Waals surface area contributed by atoms with Gasteiger partial charge in [0, 0.05) is 18.2 Å². The monoisotopic (exact) mass is 220 g/mol. The smallest absolute Gasteiger partial charge is 0.253 e. The van der Waals surface area contributed by atoms with Gasteiger partial charge in [-0.25, -0.2) is 0 Å². The lowest BCUT2D eigenvalue weighted by molar-refractivity contribution is 0.0640. The van der Waals surface area contributed by atoms with E-state index in [0.29, 0.717) is 11.3 Å². The van der Waals surface area contributed by atoms with Gasteiger partial charge in [0.25, 0.3) is 5.91 Å². The summed E-state index contributed by atoms with van der Waals surface area (Å²) in [5.74, 6) is 0.486. The van der Waals surface area contributed by atoms with Crippen molar-refractivity contribution >= 4 is 5.91 Å². The Morgan fingerprint density at radius 2 is 2.50 bits per heavy atom. The molecule has 4 nitrogen and oxygen atoms in total. The first-order valence-electron chi connectivity index (χ1n) is 5.28. The Kier molecular flexibility index (Phi) is 3.41. The molecule has 0 bridgehead atoms. The van der Waals surface area contributed by atoms with E-state index < -0.39 is 0 Å². The molecule has 1 N–H and O–H groups in total. The van der Waals surface area contributed by atoms with Gasteiger partial charge < -0.3 is 14.8 Å². The number of hydrogen-bond donors (Lipinski definition) is 1. The van der Waals surface area contributed by atoms with Crippen molar-refractivity contribution in [3.05, 3.63) is 29.8 Å². The zero-order valence-electron chi connectivity index (χ0n) is 9.16. The fourth-order valence-electron chi connectivity index (χ4n) is 1.60. The number of methoxy groups -OCH3 is 1. The first-order valence-corrected chi connectivity index (χ1v) is 5.28. The molecule has 2 rings (SSSR count). The normalized spacial score (nSPS) is 19.4. The molecule has 1 fully saturated rings. The van der Waals surface area contributed by atoms with Gasteiger partial charge in [-0.2, -0.15) is 0 Å². The fourth-order valence-corrected chi connectivity index (χ4v) is 1.60. The first kappa shape index (κ1) is 11.0. The topological polar surface area (TPSA) is 47.6 Å². The van der Waals surface area contributed by atoms with Gasteiger partial charge in [0.15, 0.2) is 0 Å². The predicted octanol–water partition coefficient (Wildman–Crippen LogP) is 1.36. The van der Waals surface area contributed by atoms with Crippen LogP contribution in [0.1, 0.15) is 23.2 Å². The van der Waals surface area contributed by atoms with E-state index in [1.807, 2.05) is 0 Å². The van der Waals surface area contributed by atoms with Gasteiger partial charge in [0.2, 0.25) is 0 Å². The number of benzene rings is 1. The van der Waals surface area contributed by atoms with Crippen LogP contribution in [-0.2, 0) is 4.74 Å². The summed E-state index contributed by atoms with van der Waals surface area (Å²) in [5.41, 5.74) is 0.566. The van der Waals surface area contributed by atoms with Gasteiger partial charge in [0.05, 0.1) is 7.11 Å². The molecule has 1 aliphatic rings. The fraction of sp³-hybridized carbons (Fsp3) is 0.417. The van der Waals surface area contributed by atoms with Crippen LogP contribution in [0.3, 0.4) is 0 Å². The molecule has 1 unspecified atom stereocenters. The summed E-state index contributed by atoms with van der Waals surface area (Å²) in [4.78, 5) is 11.7. The molecular formula is C12H14NO3. The number of ether oxygens (including phenoxy) is 2. The van der Waals surface area contributed by atoms with Gasteiger partial charge in [-0.3, -0.25) is 4.79 Å². The van der Waals surface area contributed by atoms with Crippen molar-refractivity contribution in [2.75, 3.05) is 13.7 Å². The van der Waals surface area contributed by atoms with Crippen molar-refractivity contribution in [2.24, 2.45) is 0 Å². The highest BCUT2D eigenvalue weighted by molar-refractivity contribution is 5.94. The maximum Gasteiger partial charge on any atom is 0.253 e. The molecular weight excluding hydrogens is 206 g/mol. The molecule has 1 radical (unpaired) electrons. The maximum absolute atomic E-state index is 11.7. The Hall–Kier alpha value is -1.55. The Morgan fingerprint density at radius 1 is 1.62 bits per heavy atom. The van der Waals surface area contributed by atoms with Gasteiger partial charge in [-0.05, 0) is 31.0 Å². The second-order valence-electron chi connectivity index (χ2n) is 3.62. The number of amides is 1. The average Bonchev–Trinajstić information content (AvgIpc) is 2.82.